The molecule has 1 N–H and O–H groups in total. The van der Waals surface area contributed by atoms with E-state index in [1.165, 1.54) is 19.3 Å². The summed E-state index contributed by atoms with van der Waals surface area (Å²) < 4.78 is 11.2. The standard InChI is InChI=1S/C17H33NO3/c1-5-7-8-9-12-21-15-10-11-17(13-15,18-14(3)4)16(19)20-6-2/h14-15,18H,5-13H2,1-4H3. The summed E-state index contributed by atoms with van der Waals surface area (Å²) in [5.74, 6) is -0.115. The fourth-order valence-electron chi connectivity index (χ4n) is 3.12. The maximum Gasteiger partial charge on any atom is 0.326 e. The van der Waals surface area contributed by atoms with Crippen LogP contribution in [-0.4, -0.2) is 36.9 Å². The first kappa shape index (κ1) is 18.4. The molecule has 0 aromatic carbocycles. The van der Waals surface area contributed by atoms with Crippen molar-refractivity contribution in [1.82, 2.24) is 5.32 Å². The number of carbonyl (C=O) groups excluding carboxylic acids is 1. The third kappa shape index (κ3) is 5.95. The molecule has 4 nitrogen and oxygen atoms in total. The first-order chi connectivity index (χ1) is 10.0. The zero-order chi connectivity index (χ0) is 15.7. The average molecular weight is 299 g/mol. The van der Waals surface area contributed by atoms with E-state index in [-0.39, 0.29) is 18.1 Å². The molecular weight excluding hydrogens is 266 g/mol. The Bertz CT molecular complexity index is 306. The molecule has 0 aliphatic heterocycles. The van der Waals surface area contributed by atoms with Gasteiger partial charge < -0.3 is 9.47 Å². The SMILES string of the molecule is CCCCCCOC1CCC(NC(C)C)(C(=O)OCC)C1. The van der Waals surface area contributed by atoms with Gasteiger partial charge in [0.2, 0.25) is 0 Å². The van der Waals surface area contributed by atoms with E-state index in [1.54, 1.807) is 0 Å². The van der Waals surface area contributed by atoms with Crippen LogP contribution in [-0.2, 0) is 14.3 Å². The number of nitrogens with one attached hydrogen (secondary N) is 1. The minimum Gasteiger partial charge on any atom is -0.465 e. The van der Waals surface area contributed by atoms with Crippen LogP contribution in [0.5, 0.6) is 0 Å². The molecule has 0 saturated heterocycles. The lowest BCUT2D eigenvalue weighted by molar-refractivity contribution is -0.151. The van der Waals surface area contributed by atoms with Crippen LogP contribution in [0.4, 0.5) is 0 Å². The Morgan fingerprint density at radius 2 is 2.05 bits per heavy atom. The van der Waals surface area contributed by atoms with Gasteiger partial charge in [0.15, 0.2) is 0 Å². The van der Waals surface area contributed by atoms with Gasteiger partial charge in [-0.15, -0.1) is 0 Å². The number of rotatable bonds is 10. The van der Waals surface area contributed by atoms with Crippen LogP contribution < -0.4 is 5.32 Å². The molecule has 0 amide bonds. The molecule has 0 spiro atoms. The number of hydrogen-bond acceptors (Lipinski definition) is 4. The summed E-state index contributed by atoms with van der Waals surface area (Å²) in [5, 5.41) is 3.43. The highest BCUT2D eigenvalue weighted by molar-refractivity contribution is 5.81. The molecular formula is C17H33NO3. The van der Waals surface area contributed by atoms with Gasteiger partial charge in [0.05, 0.1) is 12.7 Å². The van der Waals surface area contributed by atoms with E-state index in [9.17, 15) is 4.79 Å². The van der Waals surface area contributed by atoms with Crippen molar-refractivity contribution in [3.8, 4) is 0 Å². The second-order valence-corrected chi connectivity index (χ2v) is 6.40. The molecule has 0 heterocycles. The molecule has 2 atom stereocenters. The van der Waals surface area contributed by atoms with Crippen molar-refractivity contribution in [1.29, 1.82) is 0 Å². The zero-order valence-corrected chi connectivity index (χ0v) is 14.2. The average Bonchev–Trinajstić information content (AvgIpc) is 2.82. The van der Waals surface area contributed by atoms with Gasteiger partial charge >= 0.3 is 5.97 Å². The van der Waals surface area contributed by atoms with E-state index in [0.29, 0.717) is 6.61 Å². The van der Waals surface area contributed by atoms with Gasteiger partial charge in [-0.3, -0.25) is 10.1 Å². The van der Waals surface area contributed by atoms with Crippen molar-refractivity contribution in [2.24, 2.45) is 0 Å². The molecule has 1 aliphatic rings. The number of carbonyl (C=O) groups is 1. The Morgan fingerprint density at radius 1 is 1.29 bits per heavy atom. The van der Waals surface area contributed by atoms with Crippen molar-refractivity contribution in [2.45, 2.75) is 90.3 Å². The van der Waals surface area contributed by atoms with Crippen LogP contribution in [0.1, 0.15) is 72.6 Å². The molecule has 124 valence electrons. The maximum absolute atomic E-state index is 12.3. The number of unbranched alkanes of at least 4 members (excludes halogenated alkanes) is 3. The summed E-state index contributed by atoms with van der Waals surface area (Å²) in [4.78, 5) is 12.3. The molecule has 1 saturated carbocycles. The predicted molar refractivity (Wildman–Crippen MR) is 85.4 cm³/mol. The second kappa shape index (κ2) is 9.42. The molecule has 4 heteroatoms. The zero-order valence-electron chi connectivity index (χ0n) is 14.2. The van der Waals surface area contributed by atoms with Gasteiger partial charge in [-0.2, -0.15) is 0 Å². The fraction of sp³-hybridized carbons (Fsp3) is 0.941. The molecule has 0 aromatic rings. The Morgan fingerprint density at radius 3 is 2.67 bits per heavy atom. The normalized spacial score (nSPS) is 25.5. The summed E-state index contributed by atoms with van der Waals surface area (Å²) in [5.41, 5.74) is -0.543. The monoisotopic (exact) mass is 299 g/mol. The first-order valence-electron chi connectivity index (χ1n) is 8.60. The Labute approximate surface area is 130 Å². The van der Waals surface area contributed by atoms with Gasteiger partial charge in [0.25, 0.3) is 0 Å². The van der Waals surface area contributed by atoms with Crippen molar-refractivity contribution in [3.05, 3.63) is 0 Å². The predicted octanol–water partition coefficient (Wildman–Crippen LogP) is 3.44. The van der Waals surface area contributed by atoms with Gasteiger partial charge in [0, 0.05) is 19.1 Å². The molecule has 21 heavy (non-hydrogen) atoms. The van der Waals surface area contributed by atoms with E-state index in [0.717, 1.165) is 32.3 Å². The van der Waals surface area contributed by atoms with Gasteiger partial charge in [-0.05, 0) is 40.0 Å². The quantitative estimate of drug-likeness (QED) is 0.496. The van der Waals surface area contributed by atoms with Gasteiger partial charge in [-0.25, -0.2) is 0 Å². The molecule has 0 radical (unpaired) electrons. The Hall–Kier alpha value is -0.610. The second-order valence-electron chi connectivity index (χ2n) is 6.40. The molecule has 1 aliphatic carbocycles. The molecule has 2 unspecified atom stereocenters. The highest BCUT2D eigenvalue weighted by Crippen LogP contribution is 2.34. The molecule has 1 rings (SSSR count). The van der Waals surface area contributed by atoms with Crippen LogP contribution in [0, 0.1) is 0 Å². The van der Waals surface area contributed by atoms with Crippen molar-refractivity contribution in [2.75, 3.05) is 13.2 Å². The summed E-state index contributed by atoms with van der Waals surface area (Å²) in [6, 6.07) is 0.262. The number of esters is 1. The Balaban J connectivity index is 2.46. The third-order valence-corrected chi connectivity index (χ3v) is 4.05. The third-order valence-electron chi connectivity index (χ3n) is 4.05. The summed E-state index contributed by atoms with van der Waals surface area (Å²) in [7, 11) is 0. The largest absolute Gasteiger partial charge is 0.465 e. The lowest BCUT2D eigenvalue weighted by atomic mass is 9.96. The molecule has 0 bridgehead atoms. The first-order valence-corrected chi connectivity index (χ1v) is 8.60. The molecule has 0 aromatic heterocycles. The van der Waals surface area contributed by atoms with Crippen LogP contribution in [0.3, 0.4) is 0 Å². The molecule has 1 fully saturated rings. The van der Waals surface area contributed by atoms with E-state index < -0.39 is 5.54 Å². The van der Waals surface area contributed by atoms with Gasteiger partial charge in [-0.1, -0.05) is 26.2 Å². The smallest absolute Gasteiger partial charge is 0.326 e. The van der Waals surface area contributed by atoms with Gasteiger partial charge in [0.1, 0.15) is 5.54 Å². The van der Waals surface area contributed by atoms with Crippen LogP contribution in [0.15, 0.2) is 0 Å². The van der Waals surface area contributed by atoms with E-state index in [2.05, 4.69) is 26.1 Å². The fourth-order valence-corrected chi connectivity index (χ4v) is 3.12. The van der Waals surface area contributed by atoms with Crippen molar-refractivity contribution < 1.29 is 14.3 Å². The summed E-state index contributed by atoms with van der Waals surface area (Å²) >= 11 is 0. The summed E-state index contributed by atoms with van der Waals surface area (Å²) in [6.45, 7) is 9.45. The minimum atomic E-state index is -0.543. The highest BCUT2D eigenvalue weighted by Gasteiger charge is 2.47. The van der Waals surface area contributed by atoms with E-state index in [1.807, 2.05) is 6.92 Å². The maximum atomic E-state index is 12.3. The lowest BCUT2D eigenvalue weighted by Crippen LogP contribution is -2.54. The number of hydrogen-bond donors (Lipinski definition) is 1. The minimum absolute atomic E-state index is 0.115. The summed E-state index contributed by atoms with van der Waals surface area (Å²) in [6.07, 6.45) is 7.53. The van der Waals surface area contributed by atoms with Crippen LogP contribution in [0.25, 0.3) is 0 Å². The lowest BCUT2D eigenvalue weighted by Gasteiger charge is -2.30. The van der Waals surface area contributed by atoms with E-state index >= 15 is 0 Å². The van der Waals surface area contributed by atoms with Crippen molar-refractivity contribution in [3.63, 3.8) is 0 Å². The number of ether oxygens (including phenoxy) is 2. The highest BCUT2D eigenvalue weighted by atomic mass is 16.5. The van der Waals surface area contributed by atoms with Crippen LogP contribution in [0.2, 0.25) is 0 Å². The topological polar surface area (TPSA) is 47.6 Å². The van der Waals surface area contributed by atoms with Crippen LogP contribution >= 0.6 is 0 Å². The Kier molecular flexibility index (Phi) is 8.27. The van der Waals surface area contributed by atoms with Crippen molar-refractivity contribution >= 4 is 5.97 Å². The van der Waals surface area contributed by atoms with E-state index in [4.69, 9.17) is 9.47 Å².